The van der Waals surface area contributed by atoms with Gasteiger partial charge in [0.05, 0.1) is 10.0 Å². The van der Waals surface area contributed by atoms with E-state index in [9.17, 15) is 9.59 Å². The van der Waals surface area contributed by atoms with Gasteiger partial charge in [-0.05, 0) is 42.6 Å². The van der Waals surface area contributed by atoms with Gasteiger partial charge in [-0.2, -0.15) is 0 Å². The van der Waals surface area contributed by atoms with Gasteiger partial charge >= 0.3 is 0 Å². The quantitative estimate of drug-likeness (QED) is 0.491. The van der Waals surface area contributed by atoms with E-state index in [4.69, 9.17) is 39.8 Å². The van der Waals surface area contributed by atoms with E-state index in [1.165, 1.54) is 18.0 Å². The first-order valence-corrected chi connectivity index (χ1v) is 7.94. The number of thiocarbonyl (C=S) groups is 1. The number of nitrogens with zero attached hydrogens (tertiary/aromatic N) is 1. The first kappa shape index (κ1) is 16.7. The highest BCUT2D eigenvalue weighted by Gasteiger charge is 2.31. The van der Waals surface area contributed by atoms with Gasteiger partial charge in [0.25, 0.3) is 11.8 Å². The lowest BCUT2D eigenvalue weighted by molar-refractivity contribution is -0.128. The molecule has 0 radical (unpaired) electrons. The topological polar surface area (TPSA) is 62.6 Å². The molecule has 2 amide bonds. The summed E-state index contributed by atoms with van der Waals surface area (Å²) in [6, 6.07) is 8.49. The Bertz CT molecular complexity index is 904. The van der Waals surface area contributed by atoms with Crippen LogP contribution in [0.15, 0.2) is 40.3 Å². The smallest absolute Gasteiger partial charge is 0.265 e. The molecule has 1 fully saturated rings. The lowest BCUT2D eigenvalue weighted by atomic mass is 10.1. The number of benzene rings is 1. The maximum atomic E-state index is 12.2. The number of carbonyl (C=O) groups excluding carboxylic acids is 2. The molecule has 0 spiro atoms. The van der Waals surface area contributed by atoms with Crippen LogP contribution in [0, 0.1) is 0 Å². The molecule has 0 bridgehead atoms. The minimum atomic E-state index is -0.568. The number of carbonyl (C=O) groups is 2. The molecule has 5 nitrogen and oxygen atoms in total. The van der Waals surface area contributed by atoms with Gasteiger partial charge in [0, 0.05) is 12.6 Å². The van der Waals surface area contributed by atoms with E-state index in [-0.39, 0.29) is 10.7 Å². The average Bonchev–Trinajstić information content (AvgIpc) is 3.00. The van der Waals surface area contributed by atoms with Crippen molar-refractivity contribution in [1.82, 2.24) is 10.2 Å². The van der Waals surface area contributed by atoms with Crippen molar-refractivity contribution in [1.29, 1.82) is 0 Å². The summed E-state index contributed by atoms with van der Waals surface area (Å²) in [6.07, 6.45) is 1.36. The Morgan fingerprint density at radius 2 is 1.96 bits per heavy atom. The fraction of sp³-hybridized carbons (Fsp3) is 0.0625. The molecule has 1 aliphatic heterocycles. The molecule has 0 saturated carbocycles. The van der Waals surface area contributed by atoms with E-state index in [1.807, 2.05) is 0 Å². The maximum absolute atomic E-state index is 12.2. The van der Waals surface area contributed by atoms with Gasteiger partial charge in [-0.25, -0.2) is 0 Å². The van der Waals surface area contributed by atoms with E-state index in [1.54, 1.807) is 30.3 Å². The predicted octanol–water partition coefficient (Wildman–Crippen LogP) is 3.51. The van der Waals surface area contributed by atoms with Gasteiger partial charge in [-0.1, -0.05) is 29.3 Å². The van der Waals surface area contributed by atoms with Gasteiger partial charge in [0.15, 0.2) is 5.11 Å². The van der Waals surface area contributed by atoms with Crippen LogP contribution >= 0.6 is 35.4 Å². The molecule has 1 N–H and O–H groups in total. The fourth-order valence-electron chi connectivity index (χ4n) is 2.16. The molecule has 3 rings (SSSR count). The van der Waals surface area contributed by atoms with Crippen LogP contribution in [0.1, 0.15) is 5.76 Å². The number of nitrogens with one attached hydrogen (secondary N) is 1. The first-order chi connectivity index (χ1) is 11.4. The van der Waals surface area contributed by atoms with Crippen LogP contribution in [0.3, 0.4) is 0 Å². The summed E-state index contributed by atoms with van der Waals surface area (Å²) in [4.78, 5) is 25.3. The summed E-state index contributed by atoms with van der Waals surface area (Å²) < 4.78 is 5.66. The van der Waals surface area contributed by atoms with E-state index in [2.05, 4.69) is 5.32 Å². The van der Waals surface area contributed by atoms with E-state index < -0.39 is 11.8 Å². The number of furan rings is 1. The third kappa shape index (κ3) is 2.96. The Kier molecular flexibility index (Phi) is 4.45. The second-order valence-electron chi connectivity index (χ2n) is 4.98. The lowest BCUT2D eigenvalue weighted by Gasteiger charge is -2.24. The van der Waals surface area contributed by atoms with Crippen LogP contribution in [0.2, 0.25) is 10.0 Å². The number of likely N-dealkylation sites (N-methyl/N-ethyl adjacent to an activating group) is 1. The molecular weight excluding hydrogens is 371 g/mol. The SMILES string of the molecule is CN1C(=O)/C(=C\c2ccc(-c3cccc(Cl)c3Cl)o2)C(=O)NC1=S. The molecule has 1 aromatic carbocycles. The molecule has 1 saturated heterocycles. The predicted molar refractivity (Wildman–Crippen MR) is 95.7 cm³/mol. The van der Waals surface area contributed by atoms with Crippen LogP contribution in [0.5, 0.6) is 0 Å². The highest BCUT2D eigenvalue weighted by molar-refractivity contribution is 7.80. The molecule has 24 heavy (non-hydrogen) atoms. The zero-order chi connectivity index (χ0) is 17.4. The van der Waals surface area contributed by atoms with E-state index in [0.29, 0.717) is 27.1 Å². The number of hydrogen-bond acceptors (Lipinski definition) is 4. The first-order valence-electron chi connectivity index (χ1n) is 6.78. The standard InChI is InChI=1S/C16H10Cl2N2O3S/c1-20-15(22)10(14(21)19-16(20)24)7-8-5-6-12(23-8)9-3-2-4-11(17)13(9)18/h2-7H,1H3,(H,19,21,24)/b10-7-. The number of hydrogen-bond donors (Lipinski definition) is 1. The second kappa shape index (κ2) is 6.39. The summed E-state index contributed by atoms with van der Waals surface area (Å²) in [5.41, 5.74) is 0.552. The van der Waals surface area contributed by atoms with Crippen molar-refractivity contribution >= 4 is 58.4 Å². The zero-order valence-corrected chi connectivity index (χ0v) is 14.6. The van der Waals surface area contributed by atoms with Crippen LogP contribution in [-0.4, -0.2) is 28.9 Å². The Balaban J connectivity index is 1.96. The molecule has 2 aromatic rings. The average molecular weight is 381 g/mol. The molecule has 0 aliphatic carbocycles. The van der Waals surface area contributed by atoms with E-state index in [0.717, 1.165) is 0 Å². The second-order valence-corrected chi connectivity index (χ2v) is 6.16. The van der Waals surface area contributed by atoms with Crippen molar-refractivity contribution < 1.29 is 14.0 Å². The van der Waals surface area contributed by atoms with Crippen LogP contribution < -0.4 is 5.32 Å². The number of amides is 2. The largest absolute Gasteiger partial charge is 0.457 e. The van der Waals surface area contributed by atoms with E-state index >= 15 is 0 Å². The summed E-state index contributed by atoms with van der Waals surface area (Å²) in [6.45, 7) is 0. The van der Waals surface area contributed by atoms with Crippen LogP contribution in [-0.2, 0) is 9.59 Å². The summed E-state index contributed by atoms with van der Waals surface area (Å²) >= 11 is 17.0. The molecule has 2 heterocycles. The summed E-state index contributed by atoms with van der Waals surface area (Å²) in [5.74, 6) is -0.257. The molecule has 8 heteroatoms. The summed E-state index contributed by atoms with van der Waals surface area (Å²) in [7, 11) is 1.48. The Morgan fingerprint density at radius 3 is 2.71 bits per heavy atom. The van der Waals surface area contributed by atoms with Gasteiger partial charge in [-0.15, -0.1) is 0 Å². The minimum Gasteiger partial charge on any atom is -0.457 e. The van der Waals surface area contributed by atoms with Crippen molar-refractivity contribution in [2.24, 2.45) is 0 Å². The number of halogens is 2. The van der Waals surface area contributed by atoms with Gasteiger partial charge in [0.2, 0.25) is 0 Å². The Hall–Kier alpha value is -2.15. The highest BCUT2D eigenvalue weighted by Crippen LogP contribution is 2.34. The Labute approximate surface area is 152 Å². The van der Waals surface area contributed by atoms with Crippen LogP contribution in [0.25, 0.3) is 17.4 Å². The van der Waals surface area contributed by atoms with Crippen molar-refractivity contribution in [3.63, 3.8) is 0 Å². The normalized spacial score (nSPS) is 16.7. The highest BCUT2D eigenvalue weighted by atomic mass is 35.5. The van der Waals surface area contributed by atoms with Crippen molar-refractivity contribution in [2.75, 3.05) is 7.05 Å². The van der Waals surface area contributed by atoms with Crippen molar-refractivity contribution in [3.05, 3.63) is 51.7 Å². The third-order valence-electron chi connectivity index (χ3n) is 3.44. The van der Waals surface area contributed by atoms with Gasteiger partial charge in [0.1, 0.15) is 17.1 Å². The fourth-order valence-corrected chi connectivity index (χ4v) is 2.73. The monoisotopic (exact) mass is 380 g/mol. The Morgan fingerprint density at radius 1 is 1.21 bits per heavy atom. The lowest BCUT2D eigenvalue weighted by Crippen LogP contribution is -2.52. The molecular formula is C16H10Cl2N2O3S. The number of rotatable bonds is 2. The zero-order valence-electron chi connectivity index (χ0n) is 12.3. The van der Waals surface area contributed by atoms with Gasteiger partial charge < -0.3 is 4.42 Å². The summed E-state index contributed by atoms with van der Waals surface area (Å²) in [5, 5.41) is 3.27. The van der Waals surface area contributed by atoms with Gasteiger partial charge in [-0.3, -0.25) is 19.8 Å². The minimum absolute atomic E-state index is 0.0630. The maximum Gasteiger partial charge on any atom is 0.265 e. The molecule has 1 aliphatic rings. The molecule has 1 aromatic heterocycles. The van der Waals surface area contributed by atoms with Crippen LogP contribution in [0.4, 0.5) is 0 Å². The van der Waals surface area contributed by atoms with Crippen molar-refractivity contribution in [2.45, 2.75) is 0 Å². The van der Waals surface area contributed by atoms with Crippen molar-refractivity contribution in [3.8, 4) is 11.3 Å². The third-order valence-corrected chi connectivity index (χ3v) is 4.63. The molecule has 0 atom stereocenters. The molecule has 122 valence electrons. The molecule has 0 unspecified atom stereocenters.